The Labute approximate surface area is 93.5 Å². The lowest BCUT2D eigenvalue weighted by Crippen LogP contribution is -2.49. The Hall–Kier alpha value is -0.0500. The molecule has 14 heavy (non-hydrogen) atoms. The van der Waals surface area contributed by atoms with Crippen molar-refractivity contribution in [3.8, 4) is 0 Å². The first-order valence-electron chi connectivity index (χ1n) is 5.22. The highest BCUT2D eigenvalue weighted by Gasteiger charge is 2.57. The minimum absolute atomic E-state index is 0.0211. The summed E-state index contributed by atoms with van der Waals surface area (Å²) in [6, 6.07) is 0. The number of fused-ring (bicyclic) bond motifs is 1. The number of hydrogen-bond acceptors (Lipinski definition) is 2. The zero-order chi connectivity index (χ0) is 10.6. The maximum Gasteiger partial charge on any atom is 0.306 e. The molecule has 1 heterocycles. The molecule has 2 aliphatic rings. The van der Waals surface area contributed by atoms with E-state index in [0.29, 0.717) is 17.2 Å². The summed E-state index contributed by atoms with van der Waals surface area (Å²) in [4.78, 5) is 11.9. The van der Waals surface area contributed by atoms with Gasteiger partial charge in [-0.05, 0) is 25.2 Å². The molecule has 2 rings (SSSR count). The number of carbonyl (C=O) groups excluding carboxylic acids is 1. The van der Waals surface area contributed by atoms with Crippen molar-refractivity contribution in [1.82, 2.24) is 0 Å². The van der Waals surface area contributed by atoms with E-state index in [2.05, 4.69) is 36.7 Å². The van der Waals surface area contributed by atoms with Gasteiger partial charge < -0.3 is 4.74 Å². The summed E-state index contributed by atoms with van der Waals surface area (Å²) >= 11 is 3.72. The van der Waals surface area contributed by atoms with E-state index in [1.54, 1.807) is 0 Å². The first-order chi connectivity index (χ1) is 6.36. The summed E-state index contributed by atoms with van der Waals surface area (Å²) in [5.74, 6) is 0.341. The number of carbonyl (C=O) groups is 1. The number of esters is 1. The Morgan fingerprint density at radius 3 is 2.71 bits per heavy atom. The molecule has 3 heteroatoms. The van der Waals surface area contributed by atoms with E-state index >= 15 is 0 Å². The molecular formula is C11H17BrO2. The van der Waals surface area contributed by atoms with E-state index in [0.717, 1.165) is 12.8 Å². The van der Waals surface area contributed by atoms with Crippen molar-refractivity contribution in [3.63, 3.8) is 0 Å². The van der Waals surface area contributed by atoms with Gasteiger partial charge in [0, 0.05) is 10.7 Å². The van der Waals surface area contributed by atoms with Crippen molar-refractivity contribution < 1.29 is 9.53 Å². The summed E-state index contributed by atoms with van der Waals surface area (Å²) < 4.78 is 5.48. The smallest absolute Gasteiger partial charge is 0.306 e. The van der Waals surface area contributed by atoms with Gasteiger partial charge in [-0.2, -0.15) is 0 Å². The van der Waals surface area contributed by atoms with Gasteiger partial charge >= 0.3 is 5.97 Å². The van der Waals surface area contributed by atoms with Crippen LogP contribution in [0.25, 0.3) is 0 Å². The predicted molar refractivity (Wildman–Crippen MR) is 58.3 cm³/mol. The average molecular weight is 261 g/mol. The molecule has 0 spiro atoms. The molecule has 0 N–H and O–H groups in total. The van der Waals surface area contributed by atoms with Crippen molar-refractivity contribution in [2.75, 3.05) is 0 Å². The molecule has 1 aliphatic heterocycles. The summed E-state index contributed by atoms with van der Waals surface area (Å²) in [5.41, 5.74) is -0.0516. The molecule has 2 fully saturated rings. The molecule has 0 aromatic heterocycles. The molecule has 1 aliphatic carbocycles. The fourth-order valence-electron chi connectivity index (χ4n) is 3.03. The van der Waals surface area contributed by atoms with Crippen molar-refractivity contribution in [2.45, 2.75) is 50.5 Å². The highest BCUT2D eigenvalue weighted by Crippen LogP contribution is 2.55. The lowest BCUT2D eigenvalue weighted by atomic mass is 9.62. The van der Waals surface area contributed by atoms with Gasteiger partial charge in [0.1, 0.15) is 5.60 Å². The summed E-state index contributed by atoms with van der Waals surface area (Å²) in [7, 11) is 0. The van der Waals surface area contributed by atoms with Gasteiger partial charge in [0.05, 0.1) is 6.42 Å². The Morgan fingerprint density at radius 1 is 1.43 bits per heavy atom. The first-order valence-corrected chi connectivity index (χ1v) is 6.14. The van der Waals surface area contributed by atoms with Crippen LogP contribution >= 0.6 is 15.9 Å². The maximum atomic E-state index is 11.4. The van der Waals surface area contributed by atoms with Gasteiger partial charge in [-0.3, -0.25) is 4.79 Å². The number of halogens is 1. The Bertz CT molecular complexity index is 274. The topological polar surface area (TPSA) is 26.3 Å². The molecule has 0 aromatic carbocycles. The second-order valence-corrected chi connectivity index (χ2v) is 6.48. The third-order valence-corrected chi connectivity index (χ3v) is 5.69. The summed E-state index contributed by atoms with van der Waals surface area (Å²) in [5, 5.41) is 0. The lowest BCUT2D eigenvalue weighted by Gasteiger charge is -2.47. The van der Waals surface area contributed by atoms with Gasteiger partial charge in [0.15, 0.2) is 0 Å². The third kappa shape index (κ3) is 1.32. The highest BCUT2D eigenvalue weighted by molar-refractivity contribution is 9.09. The van der Waals surface area contributed by atoms with Crippen molar-refractivity contribution in [3.05, 3.63) is 0 Å². The van der Waals surface area contributed by atoms with Crippen molar-refractivity contribution >= 4 is 21.9 Å². The highest BCUT2D eigenvalue weighted by atomic mass is 79.9. The fraction of sp³-hybridized carbons (Fsp3) is 0.909. The number of ether oxygens (including phenoxy) is 1. The Morgan fingerprint density at radius 2 is 2.07 bits per heavy atom. The molecule has 0 radical (unpaired) electrons. The minimum Gasteiger partial charge on any atom is -0.459 e. The van der Waals surface area contributed by atoms with Crippen LogP contribution in [0, 0.1) is 11.3 Å². The molecule has 0 bridgehead atoms. The summed E-state index contributed by atoms with van der Waals surface area (Å²) in [6.45, 7) is 6.55. The van der Waals surface area contributed by atoms with Crippen LogP contribution in [0.5, 0.6) is 0 Å². The average Bonchev–Trinajstić information content (AvgIpc) is 2.37. The Kier molecular flexibility index (Phi) is 2.22. The third-order valence-electron chi connectivity index (χ3n) is 4.05. The van der Waals surface area contributed by atoms with E-state index < -0.39 is 0 Å². The quantitative estimate of drug-likeness (QED) is 0.495. The molecule has 0 aromatic rings. The molecule has 0 amide bonds. The maximum absolute atomic E-state index is 11.4. The van der Waals surface area contributed by atoms with E-state index in [1.807, 2.05) is 0 Å². The normalized spacial score (nSPS) is 45.9. The monoisotopic (exact) mass is 260 g/mol. The molecule has 1 saturated heterocycles. The van der Waals surface area contributed by atoms with Crippen molar-refractivity contribution in [2.24, 2.45) is 11.3 Å². The van der Waals surface area contributed by atoms with Crippen molar-refractivity contribution in [1.29, 1.82) is 0 Å². The lowest BCUT2D eigenvalue weighted by molar-refractivity contribution is -0.151. The first kappa shape index (κ1) is 10.5. The zero-order valence-corrected chi connectivity index (χ0v) is 10.6. The van der Waals surface area contributed by atoms with Crippen LogP contribution in [-0.4, -0.2) is 16.4 Å². The number of rotatable bonds is 0. The van der Waals surface area contributed by atoms with E-state index in [-0.39, 0.29) is 17.0 Å². The second-order valence-electron chi connectivity index (χ2n) is 5.37. The van der Waals surface area contributed by atoms with E-state index in [9.17, 15) is 4.79 Å². The fourth-order valence-corrected chi connectivity index (χ4v) is 3.58. The van der Waals surface area contributed by atoms with Gasteiger partial charge in [0.2, 0.25) is 0 Å². The van der Waals surface area contributed by atoms with Crippen LogP contribution < -0.4 is 0 Å². The molecule has 3 atom stereocenters. The zero-order valence-electron chi connectivity index (χ0n) is 8.97. The van der Waals surface area contributed by atoms with Gasteiger partial charge in [-0.15, -0.1) is 0 Å². The standard InChI is InChI=1S/C11H17BrO2/c1-10(2)7-6-9(13)14-11(7,3)5-4-8(10)12/h7-8H,4-6H2,1-3H3/t7-,8+,11-/m0/s1. The van der Waals surface area contributed by atoms with Crippen LogP contribution in [-0.2, 0) is 9.53 Å². The van der Waals surface area contributed by atoms with E-state index in [4.69, 9.17) is 4.74 Å². The molecule has 0 unspecified atom stereocenters. The molecule has 80 valence electrons. The van der Waals surface area contributed by atoms with Gasteiger partial charge in [0.25, 0.3) is 0 Å². The van der Waals surface area contributed by atoms with Crippen LogP contribution in [0.4, 0.5) is 0 Å². The van der Waals surface area contributed by atoms with Crippen LogP contribution in [0.1, 0.15) is 40.0 Å². The number of hydrogen-bond donors (Lipinski definition) is 0. The summed E-state index contributed by atoms with van der Waals surface area (Å²) in [6.07, 6.45) is 2.67. The molecular weight excluding hydrogens is 244 g/mol. The minimum atomic E-state index is -0.204. The SMILES string of the molecule is CC1(C)[C@H](Br)CC[C@]2(C)OC(=O)C[C@@H]12. The van der Waals surface area contributed by atoms with Crippen LogP contribution in [0.3, 0.4) is 0 Å². The second kappa shape index (κ2) is 2.97. The Balaban J connectivity index is 2.33. The van der Waals surface area contributed by atoms with E-state index in [1.165, 1.54) is 0 Å². The number of alkyl halides is 1. The van der Waals surface area contributed by atoms with Gasteiger partial charge in [-0.25, -0.2) is 0 Å². The molecule has 2 nitrogen and oxygen atoms in total. The predicted octanol–water partition coefficient (Wildman–Crippen LogP) is 2.89. The van der Waals surface area contributed by atoms with Crippen LogP contribution in [0.15, 0.2) is 0 Å². The van der Waals surface area contributed by atoms with Crippen LogP contribution in [0.2, 0.25) is 0 Å². The molecule has 1 saturated carbocycles. The largest absolute Gasteiger partial charge is 0.459 e. The van der Waals surface area contributed by atoms with Gasteiger partial charge in [-0.1, -0.05) is 29.8 Å².